The number of hydrogen-bond donors (Lipinski definition) is 3. The van der Waals surface area contributed by atoms with Gasteiger partial charge >= 0.3 is 6.09 Å². The fourth-order valence-corrected chi connectivity index (χ4v) is 4.30. The Hall–Kier alpha value is -3.39. The van der Waals surface area contributed by atoms with Crippen molar-refractivity contribution >= 4 is 17.9 Å². The van der Waals surface area contributed by atoms with Crippen molar-refractivity contribution in [3.05, 3.63) is 70.8 Å². The molecule has 0 saturated carbocycles. The summed E-state index contributed by atoms with van der Waals surface area (Å²) in [6.45, 7) is 14.2. The Balaban J connectivity index is 2.60. The van der Waals surface area contributed by atoms with E-state index in [0.717, 1.165) is 16.7 Å². The maximum atomic E-state index is 14.2. The third kappa shape index (κ3) is 9.17. The Labute approximate surface area is 226 Å². The van der Waals surface area contributed by atoms with Crippen LogP contribution in [0.15, 0.2) is 48.5 Å². The molecule has 2 atom stereocenters. The molecule has 38 heavy (non-hydrogen) atoms. The monoisotopic (exact) mass is 525 g/mol. The fraction of sp³-hybridized carbons (Fsp3) is 0.500. The predicted octanol–water partition coefficient (Wildman–Crippen LogP) is 4.22. The van der Waals surface area contributed by atoms with Gasteiger partial charge in [-0.05, 0) is 77.6 Å². The SMILES string of the molecule is Cc1cccc(C)c1C(C(=O)NC(C)(C)C)N(CCO)C(=O)C(Cc1ccccc1)NC(=O)OC(C)(C)C. The fourth-order valence-electron chi connectivity index (χ4n) is 4.30. The summed E-state index contributed by atoms with van der Waals surface area (Å²) in [7, 11) is 0. The lowest BCUT2D eigenvalue weighted by Gasteiger charge is -2.37. The molecule has 0 heterocycles. The number of aryl methyl sites for hydroxylation is 2. The van der Waals surface area contributed by atoms with E-state index in [0.29, 0.717) is 5.56 Å². The van der Waals surface area contributed by atoms with Crippen LogP contribution in [0, 0.1) is 13.8 Å². The number of ether oxygens (including phenoxy) is 1. The van der Waals surface area contributed by atoms with E-state index in [2.05, 4.69) is 10.6 Å². The number of amides is 3. The van der Waals surface area contributed by atoms with Gasteiger partial charge in [0.2, 0.25) is 11.8 Å². The van der Waals surface area contributed by atoms with Crippen molar-refractivity contribution in [1.82, 2.24) is 15.5 Å². The van der Waals surface area contributed by atoms with Gasteiger partial charge < -0.3 is 25.4 Å². The van der Waals surface area contributed by atoms with E-state index in [-0.39, 0.29) is 25.5 Å². The van der Waals surface area contributed by atoms with Crippen LogP contribution in [0.4, 0.5) is 4.79 Å². The zero-order chi connectivity index (χ0) is 28.7. The minimum absolute atomic E-state index is 0.101. The van der Waals surface area contributed by atoms with Crippen LogP contribution in [0.2, 0.25) is 0 Å². The Morgan fingerprint density at radius 3 is 2.00 bits per heavy atom. The van der Waals surface area contributed by atoms with Crippen LogP contribution in [-0.2, 0) is 20.7 Å². The summed E-state index contributed by atoms with van der Waals surface area (Å²) in [6.07, 6.45) is -0.556. The van der Waals surface area contributed by atoms with Crippen LogP contribution >= 0.6 is 0 Å². The molecule has 3 amide bonds. The quantitative estimate of drug-likeness (QED) is 0.454. The van der Waals surface area contributed by atoms with Crippen molar-refractivity contribution in [1.29, 1.82) is 0 Å². The first-order valence-corrected chi connectivity index (χ1v) is 13.0. The molecule has 8 heteroatoms. The predicted molar refractivity (Wildman–Crippen MR) is 149 cm³/mol. The van der Waals surface area contributed by atoms with Crippen molar-refractivity contribution < 1.29 is 24.2 Å². The number of nitrogens with one attached hydrogen (secondary N) is 2. The molecule has 0 aliphatic heterocycles. The molecule has 2 aromatic rings. The number of aliphatic hydroxyl groups excluding tert-OH is 1. The average molecular weight is 526 g/mol. The molecule has 0 bridgehead atoms. The van der Waals surface area contributed by atoms with E-state index in [9.17, 15) is 19.5 Å². The van der Waals surface area contributed by atoms with Gasteiger partial charge in [-0.25, -0.2) is 4.79 Å². The van der Waals surface area contributed by atoms with Crippen LogP contribution in [0.3, 0.4) is 0 Å². The van der Waals surface area contributed by atoms with Crippen molar-refractivity contribution in [2.45, 2.75) is 85.0 Å². The molecule has 2 aromatic carbocycles. The summed E-state index contributed by atoms with van der Waals surface area (Å²) in [5, 5.41) is 15.7. The average Bonchev–Trinajstić information content (AvgIpc) is 2.78. The standard InChI is InChI=1S/C30H43N3O5/c1-20-13-12-14-21(2)24(20)25(26(35)32-29(3,4)5)33(17-18-34)27(36)23(19-22-15-10-9-11-16-22)31-28(37)38-30(6,7)8/h9-16,23,25,34H,17-19H2,1-8H3,(H,31,37)(H,32,35). The number of rotatable bonds is 9. The van der Waals surface area contributed by atoms with E-state index in [1.807, 2.05) is 83.1 Å². The minimum Gasteiger partial charge on any atom is -0.444 e. The van der Waals surface area contributed by atoms with Crippen LogP contribution in [0.5, 0.6) is 0 Å². The summed E-state index contributed by atoms with van der Waals surface area (Å²) < 4.78 is 5.44. The maximum absolute atomic E-state index is 14.2. The molecule has 2 rings (SSSR count). The van der Waals surface area contributed by atoms with Gasteiger partial charge in [0.1, 0.15) is 17.7 Å². The van der Waals surface area contributed by atoms with Crippen LogP contribution in [0.1, 0.15) is 69.8 Å². The number of hydrogen-bond acceptors (Lipinski definition) is 5. The van der Waals surface area contributed by atoms with Gasteiger partial charge in [-0.1, -0.05) is 48.5 Å². The topological polar surface area (TPSA) is 108 Å². The Kier molecular flexibility index (Phi) is 10.5. The summed E-state index contributed by atoms with van der Waals surface area (Å²) in [5.74, 6) is -0.863. The van der Waals surface area contributed by atoms with Crippen molar-refractivity contribution in [3.63, 3.8) is 0 Å². The Morgan fingerprint density at radius 1 is 0.921 bits per heavy atom. The van der Waals surface area contributed by atoms with Crippen LogP contribution < -0.4 is 10.6 Å². The number of carbonyl (C=O) groups excluding carboxylic acids is 3. The molecule has 0 spiro atoms. The molecule has 208 valence electrons. The first-order chi connectivity index (χ1) is 17.6. The molecule has 0 radical (unpaired) electrons. The van der Waals surface area contributed by atoms with E-state index in [1.165, 1.54) is 4.90 Å². The number of benzene rings is 2. The molecular formula is C30H43N3O5. The molecule has 0 aliphatic carbocycles. The third-order valence-corrected chi connectivity index (χ3v) is 5.77. The highest BCUT2D eigenvalue weighted by Crippen LogP contribution is 2.29. The summed E-state index contributed by atoms with van der Waals surface area (Å²) in [6, 6.07) is 12.9. The normalized spacial score (nSPS) is 13.3. The highest BCUT2D eigenvalue weighted by Gasteiger charge is 2.38. The lowest BCUT2D eigenvalue weighted by Crippen LogP contribution is -2.56. The first-order valence-electron chi connectivity index (χ1n) is 13.0. The molecule has 2 unspecified atom stereocenters. The Bertz CT molecular complexity index is 1080. The molecule has 0 fully saturated rings. The van der Waals surface area contributed by atoms with Gasteiger partial charge in [0.15, 0.2) is 0 Å². The highest BCUT2D eigenvalue weighted by atomic mass is 16.6. The lowest BCUT2D eigenvalue weighted by molar-refractivity contribution is -0.143. The van der Waals surface area contributed by atoms with Gasteiger partial charge in [0.05, 0.1) is 6.61 Å². The zero-order valence-electron chi connectivity index (χ0n) is 23.9. The second-order valence-corrected chi connectivity index (χ2v) is 11.6. The van der Waals surface area contributed by atoms with Crippen molar-refractivity contribution in [2.24, 2.45) is 0 Å². The number of carbonyl (C=O) groups is 3. The van der Waals surface area contributed by atoms with E-state index in [4.69, 9.17) is 4.74 Å². The second-order valence-electron chi connectivity index (χ2n) is 11.6. The van der Waals surface area contributed by atoms with E-state index < -0.39 is 35.2 Å². The number of aliphatic hydroxyl groups is 1. The number of alkyl carbamates (subject to hydrolysis) is 1. The van der Waals surface area contributed by atoms with Crippen molar-refractivity contribution in [3.8, 4) is 0 Å². The lowest BCUT2D eigenvalue weighted by atomic mass is 9.92. The van der Waals surface area contributed by atoms with Gasteiger partial charge in [-0.3, -0.25) is 9.59 Å². The molecule has 0 aromatic heterocycles. The van der Waals surface area contributed by atoms with Crippen LogP contribution in [-0.4, -0.2) is 58.2 Å². The van der Waals surface area contributed by atoms with E-state index >= 15 is 0 Å². The molecule has 3 N–H and O–H groups in total. The summed E-state index contributed by atoms with van der Waals surface area (Å²) in [5.41, 5.74) is 1.88. The van der Waals surface area contributed by atoms with Gasteiger partial charge in [0, 0.05) is 18.5 Å². The Morgan fingerprint density at radius 2 is 1.50 bits per heavy atom. The van der Waals surface area contributed by atoms with Crippen molar-refractivity contribution in [2.75, 3.05) is 13.2 Å². The van der Waals surface area contributed by atoms with Gasteiger partial charge in [-0.2, -0.15) is 0 Å². The maximum Gasteiger partial charge on any atom is 0.408 e. The van der Waals surface area contributed by atoms with Crippen LogP contribution in [0.25, 0.3) is 0 Å². The zero-order valence-corrected chi connectivity index (χ0v) is 23.9. The van der Waals surface area contributed by atoms with Gasteiger partial charge in [-0.15, -0.1) is 0 Å². The molecule has 8 nitrogen and oxygen atoms in total. The van der Waals surface area contributed by atoms with E-state index in [1.54, 1.807) is 20.8 Å². The third-order valence-electron chi connectivity index (χ3n) is 5.77. The summed E-state index contributed by atoms with van der Waals surface area (Å²) in [4.78, 5) is 42.1. The molecular weight excluding hydrogens is 482 g/mol. The first kappa shape index (κ1) is 30.8. The highest BCUT2D eigenvalue weighted by molar-refractivity contribution is 5.93. The van der Waals surface area contributed by atoms with Gasteiger partial charge in [0.25, 0.3) is 0 Å². The summed E-state index contributed by atoms with van der Waals surface area (Å²) >= 11 is 0. The molecule has 0 aliphatic rings. The second kappa shape index (κ2) is 12.9. The number of nitrogens with zero attached hydrogens (tertiary/aromatic N) is 1. The molecule has 0 saturated heterocycles. The largest absolute Gasteiger partial charge is 0.444 e. The minimum atomic E-state index is -1.03. The smallest absolute Gasteiger partial charge is 0.408 e.